The molecule has 25 unspecified atom stereocenters. The zero-order chi connectivity index (χ0) is 42.9. The number of allylic oxidation sites excluding steroid dienone is 2. The number of carbonyl (C=O) groups excluding carboxylic acids is 1. The zero-order valence-corrected chi connectivity index (χ0v) is 38.4. The molecule has 18 aliphatic rings. The van der Waals surface area contributed by atoms with E-state index in [0.29, 0.717) is 107 Å². The second-order valence-corrected chi connectivity index (χ2v) is 28.4. The molecular formula is C64H43NO4. The van der Waals surface area contributed by atoms with Gasteiger partial charge in [-0.25, -0.2) is 0 Å². The molecule has 0 aromatic heterocycles. The molecule has 5 heteroatoms. The molecule has 328 valence electrons. The summed E-state index contributed by atoms with van der Waals surface area (Å²) < 4.78 is 12.4. The zero-order valence-electron chi connectivity index (χ0n) is 38.4. The number of hydrogen-bond acceptors (Lipinski definition) is 4. The fourth-order valence-corrected chi connectivity index (χ4v) is 30.0. The van der Waals surface area contributed by atoms with Gasteiger partial charge in [0.15, 0.2) is 5.43 Å². The third kappa shape index (κ3) is 2.13. The number of ether oxygens (including phenoxy) is 2. The van der Waals surface area contributed by atoms with Crippen LogP contribution in [0.3, 0.4) is 0 Å². The summed E-state index contributed by atoms with van der Waals surface area (Å²) >= 11 is 0. The van der Waals surface area contributed by atoms with Crippen LogP contribution in [0.15, 0.2) is 22.1 Å². The van der Waals surface area contributed by atoms with E-state index in [1.54, 1.807) is 83.9 Å². The molecule has 69 heavy (non-hydrogen) atoms. The lowest BCUT2D eigenvalue weighted by Crippen LogP contribution is -2.58. The summed E-state index contributed by atoms with van der Waals surface area (Å²) in [6.07, 6.45) is 1.34. The van der Waals surface area contributed by atoms with Crippen molar-refractivity contribution >= 4 is 97.7 Å². The molecule has 17 aliphatic carbocycles. The number of fused-ring (bicyclic) bond motifs is 8. The molecule has 1 aliphatic heterocycles. The number of nitrogens with zero attached hydrogens (tertiary/aromatic N) is 1. The SMILES string of the molecule is COCCOCN1C(=O)c2c3c4c5c6c7c8c9c%10cc%11c%12c%13c%14c%15c%16c(c(=O)c%17c%16c%13c(c%129)c9c%17c2c5c89)=C2C5=C1C3C1C3C5C5C2C%15C2C%14C%11C(C)C8C9C(C)C%11C(CC%107)C6C4C1C%11C3C9C5C28. The second kappa shape index (κ2) is 8.14. The van der Waals surface area contributed by atoms with Crippen LogP contribution in [0.2, 0.25) is 0 Å². The van der Waals surface area contributed by atoms with Crippen molar-refractivity contribution < 1.29 is 14.3 Å². The molecule has 27 rings (SSSR count). The minimum absolute atomic E-state index is 0.196. The third-order valence-corrected chi connectivity index (χ3v) is 29.1. The van der Waals surface area contributed by atoms with E-state index in [4.69, 9.17) is 9.47 Å². The van der Waals surface area contributed by atoms with Crippen LogP contribution in [-0.4, -0.2) is 37.9 Å². The van der Waals surface area contributed by atoms with Gasteiger partial charge in [-0.1, -0.05) is 19.9 Å². The Balaban J connectivity index is 1.05. The minimum Gasteiger partial charge on any atom is -0.382 e. The number of amides is 1. The van der Waals surface area contributed by atoms with Crippen molar-refractivity contribution in [2.24, 2.45) is 107 Å². The lowest BCUT2D eigenvalue weighted by Gasteiger charge is -2.62. The quantitative estimate of drug-likeness (QED) is 0.128. The number of benzene rings is 6. The molecule has 18 bridgehead atoms. The van der Waals surface area contributed by atoms with Crippen molar-refractivity contribution in [3.63, 3.8) is 0 Å². The highest BCUT2D eigenvalue weighted by Crippen LogP contribution is 2.92. The molecule has 5 nitrogen and oxygen atoms in total. The minimum atomic E-state index is 0.196. The van der Waals surface area contributed by atoms with E-state index in [0.717, 1.165) is 69.4 Å². The first-order valence-corrected chi connectivity index (χ1v) is 28.2. The van der Waals surface area contributed by atoms with Gasteiger partial charge in [-0.3, -0.25) is 14.5 Å². The maximum Gasteiger partial charge on any atom is 0.260 e. The summed E-state index contributed by atoms with van der Waals surface area (Å²) in [5.74, 6) is 15.9. The molecule has 9 aromatic carbocycles. The van der Waals surface area contributed by atoms with Crippen LogP contribution in [0.4, 0.5) is 0 Å². The summed E-state index contributed by atoms with van der Waals surface area (Å²) in [7, 11) is 1.77. The Morgan fingerprint density at radius 2 is 1.12 bits per heavy atom. The van der Waals surface area contributed by atoms with Crippen LogP contribution in [-0.2, 0) is 9.47 Å². The standard InChI is InChI=1S/C64H43NO4/c1-9-15-13-6-11-12-7-14-16-10(2)18-17(9)25-32-23(15)34-30-21(13)28-19(11)27-20(12)29-22(14)31-35-24(16)33-26(18)36(25)43-47-42(32)44(34)52-51-40(30)38(28)45-37(27)46-39(29)41(31)56-58-49(35)48(33)50(43)57-55(47)60(52)63(66)59(51)53(45)54(46)61(56)64(67)65(62(57)58)8-69-5-4-68-3/h6,9-10,12,14-18,22-26,31-33,35-36,42-43,47-50,58H,4-5,7-8H2,1-3H3. The molecule has 0 saturated heterocycles. The maximum atomic E-state index is 17.1. The van der Waals surface area contributed by atoms with E-state index in [1.807, 2.05) is 0 Å². The number of methoxy groups -OCH3 is 1. The second-order valence-electron chi connectivity index (χ2n) is 28.4. The molecule has 9 aromatic rings. The topological polar surface area (TPSA) is 55.8 Å². The highest BCUT2D eigenvalue weighted by Gasteiger charge is 2.86. The van der Waals surface area contributed by atoms with E-state index in [9.17, 15) is 0 Å². The Morgan fingerprint density at radius 1 is 0.493 bits per heavy atom. The molecule has 0 N–H and O–H groups in total. The smallest absolute Gasteiger partial charge is 0.260 e. The Morgan fingerprint density at radius 3 is 2.00 bits per heavy atom. The van der Waals surface area contributed by atoms with E-state index in [-0.39, 0.29) is 18.6 Å². The monoisotopic (exact) mass is 889 g/mol. The molecule has 8 fully saturated rings. The van der Waals surface area contributed by atoms with Crippen molar-refractivity contribution in [1.82, 2.24) is 4.90 Å². The normalized spacial score (nSPS) is 50.3. The van der Waals surface area contributed by atoms with Crippen LogP contribution in [0.25, 0.3) is 91.8 Å². The molecular weight excluding hydrogens is 847 g/mol. The summed E-state index contributed by atoms with van der Waals surface area (Å²) in [5, 5.41) is 24.6. The van der Waals surface area contributed by atoms with Crippen LogP contribution >= 0.6 is 0 Å². The van der Waals surface area contributed by atoms with Gasteiger partial charge in [-0.2, -0.15) is 0 Å². The number of rotatable bonds is 5. The first-order chi connectivity index (χ1) is 34.1. The fraction of sp³-hybridized carbons (Fsp3) is 0.500. The van der Waals surface area contributed by atoms with Gasteiger partial charge in [-0.15, -0.1) is 0 Å². The van der Waals surface area contributed by atoms with Crippen molar-refractivity contribution in [2.45, 2.75) is 61.7 Å². The summed E-state index contributed by atoms with van der Waals surface area (Å²) in [5.41, 5.74) is 19.6. The lowest BCUT2D eigenvalue weighted by molar-refractivity contribution is -0.132. The van der Waals surface area contributed by atoms with Gasteiger partial charge in [0.2, 0.25) is 0 Å². The van der Waals surface area contributed by atoms with Gasteiger partial charge < -0.3 is 9.47 Å². The van der Waals surface area contributed by atoms with Crippen LogP contribution in [0.5, 0.6) is 0 Å². The summed E-state index contributed by atoms with van der Waals surface area (Å²) in [4.78, 5) is 36.4. The first-order valence-electron chi connectivity index (χ1n) is 28.2. The average molecular weight is 890 g/mol. The molecule has 8 saturated carbocycles. The largest absolute Gasteiger partial charge is 0.382 e. The highest BCUT2D eigenvalue weighted by atomic mass is 16.5. The highest BCUT2D eigenvalue weighted by molar-refractivity contribution is 6.59. The van der Waals surface area contributed by atoms with Gasteiger partial charge in [-0.05, 0) is 257 Å². The fourth-order valence-electron chi connectivity index (χ4n) is 30.0. The molecule has 1 amide bonds. The maximum absolute atomic E-state index is 17.1. The Labute approximate surface area is 393 Å². The van der Waals surface area contributed by atoms with Crippen molar-refractivity contribution in [3.8, 4) is 0 Å². The molecule has 25 atom stereocenters. The van der Waals surface area contributed by atoms with Crippen molar-refractivity contribution in [1.29, 1.82) is 0 Å². The first kappa shape index (κ1) is 31.5. The predicted molar refractivity (Wildman–Crippen MR) is 260 cm³/mol. The van der Waals surface area contributed by atoms with Crippen molar-refractivity contribution in [3.05, 3.63) is 82.8 Å². The molecule has 0 radical (unpaired) electrons. The van der Waals surface area contributed by atoms with Crippen LogP contribution < -0.4 is 10.6 Å². The Bertz CT molecular complexity index is 4690. The Kier molecular flexibility index (Phi) is 3.71. The van der Waals surface area contributed by atoms with Gasteiger partial charge in [0.1, 0.15) is 6.73 Å². The summed E-state index contributed by atoms with van der Waals surface area (Å²) in [6, 6.07) is 2.97. The van der Waals surface area contributed by atoms with Crippen LogP contribution in [0.1, 0.15) is 117 Å². The predicted octanol–water partition coefficient (Wildman–Crippen LogP) is 10.3. The van der Waals surface area contributed by atoms with E-state index >= 15 is 9.59 Å². The molecule has 1 heterocycles. The van der Waals surface area contributed by atoms with Gasteiger partial charge in [0.25, 0.3) is 5.91 Å². The molecule has 0 spiro atoms. The van der Waals surface area contributed by atoms with E-state index in [1.165, 1.54) is 71.7 Å². The number of hydrogen-bond donors (Lipinski definition) is 0. The average Bonchev–Trinajstić information content (AvgIpc) is 4.29. The lowest BCUT2D eigenvalue weighted by atomic mass is 9.41. The van der Waals surface area contributed by atoms with E-state index < -0.39 is 0 Å². The Hall–Kier alpha value is -4.84. The van der Waals surface area contributed by atoms with Gasteiger partial charge in [0, 0.05) is 56.8 Å². The van der Waals surface area contributed by atoms with Crippen molar-refractivity contribution in [2.75, 3.05) is 27.1 Å². The van der Waals surface area contributed by atoms with Gasteiger partial charge >= 0.3 is 0 Å². The third-order valence-electron chi connectivity index (χ3n) is 29.1. The van der Waals surface area contributed by atoms with Crippen LogP contribution in [0, 0.1) is 107 Å². The number of carbonyl (C=O) groups is 1. The van der Waals surface area contributed by atoms with E-state index in [2.05, 4.69) is 24.8 Å². The summed E-state index contributed by atoms with van der Waals surface area (Å²) in [6.45, 7) is 7.05. The van der Waals surface area contributed by atoms with Gasteiger partial charge in [0.05, 0.1) is 18.8 Å².